The first-order valence-corrected chi connectivity index (χ1v) is 6.28. The highest BCUT2D eigenvalue weighted by Gasteiger charge is 2.09. The molecule has 0 heterocycles. The second-order valence-electron chi connectivity index (χ2n) is 4.48. The molecule has 0 aliphatic carbocycles. The molecule has 0 spiro atoms. The average molecular weight is 250 g/mol. The van der Waals surface area contributed by atoms with Crippen molar-refractivity contribution < 1.29 is 9.90 Å². The fraction of sp³-hybridized carbons (Fsp3) is 0.500. The highest BCUT2D eigenvalue weighted by atomic mass is 16.3. The third-order valence-electron chi connectivity index (χ3n) is 2.99. The lowest BCUT2D eigenvalue weighted by atomic mass is 10.1. The molecule has 4 nitrogen and oxygen atoms in total. The molecule has 3 N–H and O–H groups in total. The van der Waals surface area contributed by atoms with E-state index < -0.39 is 0 Å². The summed E-state index contributed by atoms with van der Waals surface area (Å²) in [6, 6.07) is 5.86. The van der Waals surface area contributed by atoms with E-state index in [1.54, 1.807) is 0 Å². The first-order chi connectivity index (χ1) is 8.58. The van der Waals surface area contributed by atoms with Gasteiger partial charge in [-0.25, -0.2) is 0 Å². The Morgan fingerprint density at radius 2 is 1.94 bits per heavy atom. The van der Waals surface area contributed by atoms with Crippen LogP contribution in [0.15, 0.2) is 18.2 Å². The maximum Gasteiger partial charge on any atom is 0.239 e. The largest absolute Gasteiger partial charge is 0.394 e. The normalized spacial score (nSPS) is 12.0. The standard InChI is InChI=1S/C14H22N2O2/c1-4-12(9-17)16-13(18)8-15-14-10(2)6-5-7-11(14)3/h5-7,12,15,17H,4,8-9H2,1-3H3,(H,16,18). The molecule has 0 saturated heterocycles. The molecule has 1 atom stereocenters. The van der Waals surface area contributed by atoms with Crippen LogP contribution in [0.2, 0.25) is 0 Å². The molecule has 0 aliphatic rings. The third kappa shape index (κ3) is 4.04. The molecule has 0 bridgehead atoms. The molecular weight excluding hydrogens is 228 g/mol. The predicted molar refractivity (Wildman–Crippen MR) is 73.7 cm³/mol. The molecule has 4 heteroatoms. The Kier molecular flexibility index (Phi) is 5.65. The van der Waals surface area contributed by atoms with Crippen molar-refractivity contribution in [3.8, 4) is 0 Å². The minimum atomic E-state index is -0.155. The van der Waals surface area contributed by atoms with E-state index in [0.717, 1.165) is 23.2 Å². The topological polar surface area (TPSA) is 61.4 Å². The lowest BCUT2D eigenvalue weighted by molar-refractivity contribution is -0.120. The van der Waals surface area contributed by atoms with E-state index in [0.29, 0.717) is 0 Å². The van der Waals surface area contributed by atoms with Gasteiger partial charge in [0.05, 0.1) is 19.2 Å². The highest BCUT2D eigenvalue weighted by molar-refractivity contribution is 5.81. The van der Waals surface area contributed by atoms with E-state index in [-0.39, 0.29) is 25.1 Å². The zero-order valence-corrected chi connectivity index (χ0v) is 11.3. The van der Waals surface area contributed by atoms with Crippen LogP contribution in [0.3, 0.4) is 0 Å². The van der Waals surface area contributed by atoms with Gasteiger partial charge in [0.1, 0.15) is 0 Å². The Bertz CT molecular complexity index is 381. The summed E-state index contributed by atoms with van der Waals surface area (Å²) in [6.45, 7) is 6.15. The van der Waals surface area contributed by atoms with E-state index in [9.17, 15) is 4.79 Å². The van der Waals surface area contributed by atoms with Gasteiger partial charge >= 0.3 is 0 Å². The fourth-order valence-electron chi connectivity index (χ4n) is 1.82. The van der Waals surface area contributed by atoms with Crippen LogP contribution >= 0.6 is 0 Å². The zero-order valence-electron chi connectivity index (χ0n) is 11.3. The molecule has 1 aromatic carbocycles. The smallest absolute Gasteiger partial charge is 0.239 e. The van der Waals surface area contributed by atoms with Crippen LogP contribution in [0.5, 0.6) is 0 Å². The number of anilines is 1. The molecule has 100 valence electrons. The number of carbonyl (C=O) groups excluding carboxylic acids is 1. The summed E-state index contributed by atoms with van der Waals surface area (Å²) in [6.07, 6.45) is 0.728. The van der Waals surface area contributed by atoms with Crippen molar-refractivity contribution in [3.63, 3.8) is 0 Å². The number of hydrogen-bond donors (Lipinski definition) is 3. The van der Waals surface area contributed by atoms with Gasteiger partial charge in [0, 0.05) is 5.69 Å². The van der Waals surface area contributed by atoms with Crippen LogP contribution in [-0.4, -0.2) is 30.2 Å². The molecule has 0 radical (unpaired) electrons. The third-order valence-corrected chi connectivity index (χ3v) is 2.99. The van der Waals surface area contributed by atoms with Gasteiger partial charge in [0.25, 0.3) is 0 Å². The van der Waals surface area contributed by atoms with Crippen molar-refractivity contribution in [1.29, 1.82) is 0 Å². The minimum Gasteiger partial charge on any atom is -0.394 e. The number of para-hydroxylation sites is 1. The van der Waals surface area contributed by atoms with E-state index in [2.05, 4.69) is 10.6 Å². The average Bonchev–Trinajstić information content (AvgIpc) is 2.35. The Morgan fingerprint density at radius 1 is 1.33 bits per heavy atom. The maximum atomic E-state index is 11.7. The number of aryl methyl sites for hydroxylation is 2. The molecule has 1 amide bonds. The Balaban J connectivity index is 2.52. The van der Waals surface area contributed by atoms with E-state index in [1.807, 2.05) is 39.0 Å². The van der Waals surface area contributed by atoms with Crippen molar-refractivity contribution in [3.05, 3.63) is 29.3 Å². The first-order valence-electron chi connectivity index (χ1n) is 6.28. The van der Waals surface area contributed by atoms with E-state index >= 15 is 0 Å². The second kappa shape index (κ2) is 7.01. The van der Waals surface area contributed by atoms with Gasteiger partial charge in [-0.05, 0) is 31.4 Å². The van der Waals surface area contributed by atoms with E-state index in [1.165, 1.54) is 0 Å². The van der Waals surface area contributed by atoms with Crippen molar-refractivity contribution in [2.24, 2.45) is 0 Å². The molecule has 0 fully saturated rings. The predicted octanol–water partition coefficient (Wildman–Crippen LogP) is 1.60. The van der Waals surface area contributed by atoms with Crippen LogP contribution in [-0.2, 0) is 4.79 Å². The van der Waals surface area contributed by atoms with Gasteiger partial charge < -0.3 is 15.7 Å². The van der Waals surface area contributed by atoms with Gasteiger partial charge in [0.2, 0.25) is 5.91 Å². The molecular formula is C14H22N2O2. The highest BCUT2D eigenvalue weighted by Crippen LogP contribution is 2.18. The number of nitrogens with one attached hydrogen (secondary N) is 2. The summed E-state index contributed by atoms with van der Waals surface area (Å²) >= 11 is 0. The van der Waals surface area contributed by atoms with Gasteiger partial charge in [-0.2, -0.15) is 0 Å². The first kappa shape index (κ1) is 14.5. The summed E-state index contributed by atoms with van der Waals surface area (Å²) in [5.41, 5.74) is 3.25. The van der Waals surface area contributed by atoms with Crippen LogP contribution in [0.1, 0.15) is 24.5 Å². The fourth-order valence-corrected chi connectivity index (χ4v) is 1.82. The Hall–Kier alpha value is -1.55. The van der Waals surface area contributed by atoms with Gasteiger partial charge in [0.15, 0.2) is 0 Å². The van der Waals surface area contributed by atoms with Crippen molar-refractivity contribution in [2.45, 2.75) is 33.2 Å². The van der Waals surface area contributed by atoms with Gasteiger partial charge in [-0.3, -0.25) is 4.79 Å². The summed E-state index contributed by atoms with van der Waals surface area (Å²) < 4.78 is 0. The summed E-state index contributed by atoms with van der Waals surface area (Å²) in [5.74, 6) is -0.0986. The van der Waals surface area contributed by atoms with Crippen molar-refractivity contribution >= 4 is 11.6 Å². The number of aliphatic hydroxyl groups excluding tert-OH is 1. The number of hydrogen-bond acceptors (Lipinski definition) is 3. The van der Waals surface area contributed by atoms with Gasteiger partial charge in [-0.15, -0.1) is 0 Å². The summed E-state index contributed by atoms with van der Waals surface area (Å²) in [5, 5.41) is 14.9. The molecule has 0 saturated carbocycles. The maximum absolute atomic E-state index is 11.7. The van der Waals surface area contributed by atoms with E-state index in [4.69, 9.17) is 5.11 Å². The second-order valence-corrected chi connectivity index (χ2v) is 4.48. The number of amides is 1. The SMILES string of the molecule is CCC(CO)NC(=O)CNc1c(C)cccc1C. The summed E-state index contributed by atoms with van der Waals surface area (Å²) in [4.78, 5) is 11.7. The summed E-state index contributed by atoms with van der Waals surface area (Å²) in [7, 11) is 0. The van der Waals surface area contributed by atoms with Crippen LogP contribution in [0, 0.1) is 13.8 Å². The zero-order chi connectivity index (χ0) is 13.5. The molecule has 18 heavy (non-hydrogen) atoms. The molecule has 1 unspecified atom stereocenters. The van der Waals surface area contributed by atoms with Crippen LogP contribution in [0.4, 0.5) is 5.69 Å². The molecule has 1 aromatic rings. The lowest BCUT2D eigenvalue weighted by Gasteiger charge is -2.16. The van der Waals surface area contributed by atoms with Crippen molar-refractivity contribution in [2.75, 3.05) is 18.5 Å². The number of benzene rings is 1. The minimum absolute atomic E-state index is 0.0222. The quantitative estimate of drug-likeness (QED) is 0.718. The molecule has 0 aromatic heterocycles. The number of carbonyl (C=O) groups is 1. The van der Waals surface area contributed by atoms with Crippen molar-refractivity contribution in [1.82, 2.24) is 5.32 Å². The van der Waals surface area contributed by atoms with Crippen LogP contribution < -0.4 is 10.6 Å². The number of aliphatic hydroxyl groups is 1. The Morgan fingerprint density at radius 3 is 2.44 bits per heavy atom. The molecule has 0 aliphatic heterocycles. The number of rotatable bonds is 6. The van der Waals surface area contributed by atoms with Crippen LogP contribution in [0.25, 0.3) is 0 Å². The monoisotopic (exact) mass is 250 g/mol. The Labute approximate surface area is 108 Å². The lowest BCUT2D eigenvalue weighted by Crippen LogP contribution is -2.40. The molecule has 1 rings (SSSR count). The van der Waals surface area contributed by atoms with Gasteiger partial charge in [-0.1, -0.05) is 25.1 Å².